The Morgan fingerprint density at radius 2 is 1.74 bits per heavy atom. The molecule has 0 saturated heterocycles. The van der Waals surface area contributed by atoms with Gasteiger partial charge in [0.15, 0.2) is 17.1 Å². The second kappa shape index (κ2) is 11.0. The van der Waals surface area contributed by atoms with Crippen LogP contribution in [0.1, 0.15) is 56.3 Å². The van der Waals surface area contributed by atoms with Gasteiger partial charge in [0, 0.05) is 33.0 Å². The van der Waals surface area contributed by atoms with Gasteiger partial charge in [0.2, 0.25) is 5.12 Å². The lowest BCUT2D eigenvalue weighted by atomic mass is 9.45. The molecule has 2 saturated carbocycles. The number of benzene rings is 2. The third-order valence-corrected chi connectivity index (χ3v) is 12.3. The number of carbonyl (C=O) groups is 3. The normalized spacial score (nSPS) is 36.3. The summed E-state index contributed by atoms with van der Waals surface area (Å²) >= 11 is 1.99. The van der Waals surface area contributed by atoms with Gasteiger partial charge in [-0.3, -0.25) is 9.59 Å². The van der Waals surface area contributed by atoms with Crippen molar-refractivity contribution in [3.63, 3.8) is 0 Å². The standard InChI is InChI=1S/C34H34F2O5S2/c1-31-16-14-23(37)18-22(31)10-13-27-26-15-17-33(30(40)42-20-35,32(26,2)19-28(38)34(27,31)36)41-29(39)21-8-11-25(12-9-21)43-24-6-4-3-5-7-24/h3-12,14,16,26-28,38H,13,15,17-20H2,1-2H3/t26-,27-,28-,31-,32-,33-,34-/m0/s1. The monoisotopic (exact) mass is 624 g/mol. The molecule has 4 aliphatic rings. The van der Waals surface area contributed by atoms with E-state index in [2.05, 4.69) is 0 Å². The van der Waals surface area contributed by atoms with Crippen LogP contribution in [0.3, 0.4) is 0 Å². The summed E-state index contributed by atoms with van der Waals surface area (Å²) in [6.45, 7) is 3.50. The first-order chi connectivity index (χ1) is 20.5. The fourth-order valence-corrected chi connectivity index (χ4v) is 9.86. The lowest BCUT2D eigenvalue weighted by molar-refractivity contribution is -0.209. The number of fused-ring (bicyclic) bond motifs is 5. The van der Waals surface area contributed by atoms with Gasteiger partial charge < -0.3 is 9.84 Å². The average Bonchev–Trinajstić information content (AvgIpc) is 3.27. The molecule has 0 aliphatic heterocycles. The number of halogens is 2. The molecule has 43 heavy (non-hydrogen) atoms. The highest BCUT2D eigenvalue weighted by molar-refractivity contribution is 8.13. The van der Waals surface area contributed by atoms with Crippen molar-refractivity contribution >= 4 is 40.4 Å². The van der Waals surface area contributed by atoms with E-state index in [0.717, 1.165) is 9.79 Å². The van der Waals surface area contributed by atoms with Gasteiger partial charge in [0.25, 0.3) is 0 Å². The number of alkyl halides is 2. The smallest absolute Gasteiger partial charge is 0.339 e. The van der Waals surface area contributed by atoms with E-state index in [1.807, 2.05) is 36.4 Å². The van der Waals surface area contributed by atoms with Crippen LogP contribution in [0.15, 0.2) is 88.2 Å². The Morgan fingerprint density at radius 1 is 1.05 bits per heavy atom. The highest BCUT2D eigenvalue weighted by Gasteiger charge is 2.75. The molecule has 0 heterocycles. The van der Waals surface area contributed by atoms with Crippen molar-refractivity contribution < 1.29 is 33.0 Å². The van der Waals surface area contributed by atoms with Crippen LogP contribution in [0.2, 0.25) is 0 Å². The minimum atomic E-state index is -2.08. The van der Waals surface area contributed by atoms with E-state index in [1.54, 1.807) is 56.0 Å². The Balaban J connectivity index is 1.32. The third-order valence-electron chi connectivity index (χ3n) is 10.6. The Hall–Kier alpha value is -2.75. The van der Waals surface area contributed by atoms with Gasteiger partial charge in [-0.15, -0.1) is 0 Å². The fraction of sp³-hybridized carbons (Fsp3) is 0.441. The second-order valence-electron chi connectivity index (χ2n) is 12.5. The van der Waals surface area contributed by atoms with Gasteiger partial charge in [-0.05, 0) is 92.8 Å². The molecule has 5 nitrogen and oxygen atoms in total. The number of ether oxygens (including phenoxy) is 1. The summed E-state index contributed by atoms with van der Waals surface area (Å²) in [5.41, 5.74) is -5.23. The molecule has 2 fully saturated rings. The summed E-state index contributed by atoms with van der Waals surface area (Å²) in [6.07, 6.45) is 4.11. The molecule has 7 atom stereocenters. The number of hydrogen-bond acceptors (Lipinski definition) is 7. The predicted molar refractivity (Wildman–Crippen MR) is 162 cm³/mol. The van der Waals surface area contributed by atoms with E-state index < -0.39 is 57.1 Å². The molecular weight excluding hydrogens is 590 g/mol. The van der Waals surface area contributed by atoms with Crippen LogP contribution in [0.5, 0.6) is 0 Å². The highest BCUT2D eigenvalue weighted by Crippen LogP contribution is 2.70. The highest BCUT2D eigenvalue weighted by atomic mass is 32.2. The van der Waals surface area contributed by atoms with E-state index in [9.17, 15) is 23.9 Å². The second-order valence-corrected chi connectivity index (χ2v) is 14.5. The van der Waals surface area contributed by atoms with Crippen molar-refractivity contribution in [2.45, 2.75) is 73.1 Å². The summed E-state index contributed by atoms with van der Waals surface area (Å²) in [6, 6.07) is 15.7. The SMILES string of the molecule is C[C@]12C=CC(=O)CC1=CC[C@H]1[C@@H]3CC[C@](OC(=O)c4ccc(Sc5ccccc5)cc4)(C(=O)SCF)[C@@]3(C)C[C@H](O)[C@@]12F. The average molecular weight is 625 g/mol. The van der Waals surface area contributed by atoms with Crippen molar-refractivity contribution in [2.75, 3.05) is 6.01 Å². The van der Waals surface area contributed by atoms with E-state index >= 15 is 4.39 Å². The van der Waals surface area contributed by atoms with E-state index in [-0.39, 0.29) is 37.0 Å². The molecule has 4 aliphatic carbocycles. The molecule has 2 aromatic rings. The summed E-state index contributed by atoms with van der Waals surface area (Å²) in [7, 11) is 0. The van der Waals surface area contributed by atoms with Crippen LogP contribution < -0.4 is 0 Å². The van der Waals surface area contributed by atoms with Gasteiger partial charge in [-0.1, -0.05) is 54.6 Å². The van der Waals surface area contributed by atoms with Crippen LogP contribution in [0.4, 0.5) is 8.78 Å². The van der Waals surface area contributed by atoms with Crippen LogP contribution >= 0.6 is 23.5 Å². The molecule has 0 bridgehead atoms. The third kappa shape index (κ3) is 4.56. The first kappa shape index (κ1) is 30.3. The summed E-state index contributed by atoms with van der Waals surface area (Å²) in [5, 5.41) is 11.0. The van der Waals surface area contributed by atoms with E-state index in [1.165, 1.54) is 6.08 Å². The maximum absolute atomic E-state index is 17.5. The first-order valence-electron chi connectivity index (χ1n) is 14.6. The number of thioether (sulfide) groups is 1. The molecule has 9 heteroatoms. The Kier molecular flexibility index (Phi) is 7.75. The van der Waals surface area contributed by atoms with Crippen molar-refractivity contribution in [3.8, 4) is 0 Å². The quantitative estimate of drug-likeness (QED) is 0.267. The molecular formula is C34H34F2O5S2. The zero-order valence-electron chi connectivity index (χ0n) is 24.1. The molecule has 0 aromatic heterocycles. The molecule has 0 radical (unpaired) electrons. The summed E-state index contributed by atoms with van der Waals surface area (Å²) in [4.78, 5) is 41.5. The Morgan fingerprint density at radius 3 is 2.44 bits per heavy atom. The van der Waals surface area contributed by atoms with Crippen molar-refractivity contribution in [3.05, 3.63) is 84.0 Å². The number of rotatable bonds is 6. The molecule has 226 valence electrons. The Bertz CT molecular complexity index is 1510. The number of aliphatic hydroxyl groups excluding tert-OH is 1. The fourth-order valence-electron chi connectivity index (χ4n) is 8.32. The molecule has 0 spiro atoms. The number of carbonyl (C=O) groups excluding carboxylic acids is 3. The van der Waals surface area contributed by atoms with Crippen LogP contribution in [-0.4, -0.2) is 45.4 Å². The first-order valence-corrected chi connectivity index (χ1v) is 16.4. The van der Waals surface area contributed by atoms with Gasteiger partial charge >= 0.3 is 5.97 Å². The molecule has 0 unspecified atom stereocenters. The topological polar surface area (TPSA) is 80.7 Å². The number of ketones is 1. The molecule has 1 N–H and O–H groups in total. The van der Waals surface area contributed by atoms with Gasteiger partial charge in [0.1, 0.15) is 6.01 Å². The minimum absolute atomic E-state index is 0.103. The Labute approximate surface area is 258 Å². The zero-order valence-corrected chi connectivity index (χ0v) is 25.7. The lowest BCUT2D eigenvalue weighted by Crippen LogP contribution is -2.69. The molecule has 2 aromatic carbocycles. The maximum Gasteiger partial charge on any atom is 0.339 e. The van der Waals surface area contributed by atoms with E-state index in [0.29, 0.717) is 23.8 Å². The van der Waals surface area contributed by atoms with Crippen molar-refractivity contribution in [1.82, 2.24) is 0 Å². The van der Waals surface area contributed by atoms with E-state index in [4.69, 9.17) is 4.74 Å². The van der Waals surface area contributed by atoms with Crippen LogP contribution in [0.25, 0.3) is 0 Å². The summed E-state index contributed by atoms with van der Waals surface area (Å²) in [5.74, 6) is -1.94. The van der Waals surface area contributed by atoms with Crippen molar-refractivity contribution in [1.29, 1.82) is 0 Å². The number of aliphatic hydroxyl groups is 1. The predicted octanol–water partition coefficient (Wildman–Crippen LogP) is 7.29. The number of allylic oxidation sites excluding steroid dienone is 4. The van der Waals surface area contributed by atoms with Crippen LogP contribution in [0, 0.1) is 22.7 Å². The maximum atomic E-state index is 17.5. The number of hydrogen-bond donors (Lipinski definition) is 1. The largest absolute Gasteiger partial charge is 0.446 e. The van der Waals surface area contributed by atoms with Crippen LogP contribution in [-0.2, 0) is 14.3 Å². The number of esters is 1. The summed E-state index contributed by atoms with van der Waals surface area (Å²) < 4.78 is 37.2. The molecule has 0 amide bonds. The van der Waals surface area contributed by atoms with Gasteiger partial charge in [-0.25, -0.2) is 13.6 Å². The zero-order chi connectivity index (χ0) is 30.6. The molecule has 6 rings (SSSR count). The van der Waals surface area contributed by atoms with Gasteiger partial charge in [-0.2, -0.15) is 0 Å². The van der Waals surface area contributed by atoms with Gasteiger partial charge in [0.05, 0.1) is 11.7 Å². The minimum Gasteiger partial charge on any atom is -0.446 e. The lowest BCUT2D eigenvalue weighted by Gasteiger charge is -2.62. The van der Waals surface area contributed by atoms with Crippen molar-refractivity contribution in [2.24, 2.45) is 22.7 Å².